The average molecular weight is 419 g/mol. The van der Waals surface area contributed by atoms with Crippen molar-refractivity contribution in [1.82, 2.24) is 5.43 Å². The molecule has 0 aliphatic carbocycles. The van der Waals surface area contributed by atoms with Crippen molar-refractivity contribution in [2.24, 2.45) is 5.10 Å². The van der Waals surface area contributed by atoms with Crippen molar-refractivity contribution in [2.45, 2.75) is 6.18 Å². The smallest absolute Gasteiger partial charge is 0.416 e. The van der Waals surface area contributed by atoms with Gasteiger partial charge in [0.25, 0.3) is 0 Å². The van der Waals surface area contributed by atoms with Crippen LogP contribution in [-0.4, -0.2) is 17.0 Å². The first-order valence-electron chi connectivity index (χ1n) is 8.25. The number of amides is 1. The molecule has 0 radical (unpaired) electrons. The van der Waals surface area contributed by atoms with Crippen molar-refractivity contribution < 1.29 is 32.0 Å². The number of rotatable bonds is 6. The maximum Gasteiger partial charge on any atom is 0.416 e. The molecule has 8 nitrogen and oxygen atoms in total. The SMILES string of the molecule is O=C(NN=Cc1ccccc1Oc1ccc(C(F)(F)F)cc1[N+](=O)[O-])c1ccco1. The van der Waals surface area contributed by atoms with Gasteiger partial charge < -0.3 is 9.15 Å². The van der Waals surface area contributed by atoms with Crippen LogP contribution >= 0.6 is 0 Å². The van der Waals surface area contributed by atoms with Crippen molar-refractivity contribution in [1.29, 1.82) is 0 Å². The summed E-state index contributed by atoms with van der Waals surface area (Å²) < 4.78 is 48.9. The Morgan fingerprint density at radius 2 is 1.90 bits per heavy atom. The Bertz CT molecular complexity index is 1100. The minimum Gasteiger partial charge on any atom is -0.459 e. The zero-order chi connectivity index (χ0) is 21.7. The van der Waals surface area contributed by atoms with Gasteiger partial charge in [-0.3, -0.25) is 14.9 Å². The molecule has 154 valence electrons. The molecular formula is C19H12F3N3O5. The van der Waals surface area contributed by atoms with Gasteiger partial charge in [-0.25, -0.2) is 5.43 Å². The van der Waals surface area contributed by atoms with Gasteiger partial charge in [0, 0.05) is 11.6 Å². The monoisotopic (exact) mass is 419 g/mol. The summed E-state index contributed by atoms with van der Waals surface area (Å²) >= 11 is 0. The summed E-state index contributed by atoms with van der Waals surface area (Å²) in [6.07, 6.45) is -2.20. The number of carbonyl (C=O) groups excluding carboxylic acids is 1. The van der Waals surface area contributed by atoms with Crippen molar-refractivity contribution in [3.8, 4) is 11.5 Å². The first-order valence-corrected chi connectivity index (χ1v) is 8.25. The predicted octanol–water partition coefficient (Wildman–Crippen LogP) is 4.76. The largest absolute Gasteiger partial charge is 0.459 e. The number of halogens is 3. The second-order valence-corrected chi connectivity index (χ2v) is 5.75. The van der Waals surface area contributed by atoms with Gasteiger partial charge in [-0.2, -0.15) is 18.3 Å². The van der Waals surface area contributed by atoms with E-state index < -0.39 is 28.3 Å². The minimum absolute atomic E-state index is 0.0389. The Kier molecular flexibility index (Phi) is 5.81. The van der Waals surface area contributed by atoms with Crippen molar-refractivity contribution in [2.75, 3.05) is 0 Å². The van der Waals surface area contributed by atoms with E-state index in [2.05, 4.69) is 10.5 Å². The van der Waals surface area contributed by atoms with Crippen LogP contribution in [0.1, 0.15) is 21.7 Å². The van der Waals surface area contributed by atoms with Crippen LogP contribution in [0.5, 0.6) is 11.5 Å². The van der Waals surface area contributed by atoms with E-state index in [0.29, 0.717) is 17.7 Å². The van der Waals surface area contributed by atoms with Gasteiger partial charge in [0.1, 0.15) is 5.75 Å². The summed E-state index contributed by atoms with van der Waals surface area (Å²) in [6.45, 7) is 0. The maximum atomic E-state index is 12.8. The van der Waals surface area contributed by atoms with Crippen LogP contribution < -0.4 is 10.2 Å². The van der Waals surface area contributed by atoms with Crippen molar-refractivity contribution in [3.05, 3.63) is 87.9 Å². The van der Waals surface area contributed by atoms with Crippen LogP contribution in [0.4, 0.5) is 18.9 Å². The predicted molar refractivity (Wildman–Crippen MR) is 98.4 cm³/mol. The van der Waals surface area contributed by atoms with Gasteiger partial charge in [-0.1, -0.05) is 12.1 Å². The van der Waals surface area contributed by atoms with E-state index in [1.807, 2.05) is 0 Å². The van der Waals surface area contributed by atoms with E-state index >= 15 is 0 Å². The Balaban J connectivity index is 1.83. The fourth-order valence-corrected chi connectivity index (χ4v) is 2.34. The normalized spacial score (nSPS) is 11.4. The molecule has 3 rings (SSSR count). The highest BCUT2D eigenvalue weighted by Crippen LogP contribution is 2.38. The van der Waals surface area contributed by atoms with Gasteiger partial charge in [0.15, 0.2) is 5.76 Å². The molecule has 3 aromatic rings. The molecule has 0 spiro atoms. The van der Waals surface area contributed by atoms with Gasteiger partial charge in [-0.15, -0.1) is 0 Å². The first-order chi connectivity index (χ1) is 14.3. The van der Waals surface area contributed by atoms with E-state index in [9.17, 15) is 28.1 Å². The highest BCUT2D eigenvalue weighted by atomic mass is 19.4. The molecule has 30 heavy (non-hydrogen) atoms. The molecule has 11 heteroatoms. The number of nitrogens with zero attached hydrogens (tertiary/aromatic N) is 2. The number of nitro groups is 1. The van der Waals surface area contributed by atoms with E-state index in [1.54, 1.807) is 12.1 Å². The highest BCUT2D eigenvalue weighted by molar-refractivity contribution is 5.92. The fourth-order valence-electron chi connectivity index (χ4n) is 2.34. The maximum absolute atomic E-state index is 12.8. The first kappa shape index (κ1) is 20.6. The number of nitro benzene ring substituents is 1. The minimum atomic E-state index is -4.74. The Hall–Kier alpha value is -4.15. The third-order valence-electron chi connectivity index (χ3n) is 3.74. The molecule has 1 amide bonds. The van der Waals surface area contributed by atoms with Crippen LogP contribution in [0.2, 0.25) is 0 Å². The van der Waals surface area contributed by atoms with Crippen molar-refractivity contribution >= 4 is 17.8 Å². The fraction of sp³-hybridized carbons (Fsp3) is 0.0526. The van der Waals surface area contributed by atoms with Crippen LogP contribution in [-0.2, 0) is 6.18 Å². The molecule has 0 bridgehead atoms. The summed E-state index contributed by atoms with van der Waals surface area (Å²) in [5.74, 6) is -0.866. The van der Waals surface area contributed by atoms with Gasteiger partial charge >= 0.3 is 17.8 Å². The molecular weight excluding hydrogens is 407 g/mol. The number of hydrogen-bond donors (Lipinski definition) is 1. The Labute approximate surface area is 166 Å². The van der Waals surface area contributed by atoms with Gasteiger partial charge in [0.05, 0.1) is 23.0 Å². The molecule has 2 aromatic carbocycles. The number of furan rings is 1. The van der Waals surface area contributed by atoms with Gasteiger partial charge in [0.2, 0.25) is 5.75 Å². The topological polar surface area (TPSA) is 107 Å². The molecule has 0 aliphatic heterocycles. The van der Waals surface area contributed by atoms with Crippen LogP contribution in [0, 0.1) is 10.1 Å². The quantitative estimate of drug-likeness (QED) is 0.352. The van der Waals surface area contributed by atoms with Crippen LogP contribution in [0.15, 0.2) is 70.4 Å². The van der Waals surface area contributed by atoms with E-state index in [-0.39, 0.29) is 17.3 Å². The lowest BCUT2D eigenvalue weighted by Crippen LogP contribution is -2.16. The molecule has 1 heterocycles. The Morgan fingerprint density at radius 1 is 1.13 bits per heavy atom. The number of para-hydroxylation sites is 1. The highest BCUT2D eigenvalue weighted by Gasteiger charge is 2.33. The van der Waals surface area contributed by atoms with E-state index in [1.165, 1.54) is 36.7 Å². The Morgan fingerprint density at radius 3 is 2.57 bits per heavy atom. The second kappa shape index (κ2) is 8.47. The van der Waals surface area contributed by atoms with Crippen LogP contribution in [0.25, 0.3) is 0 Å². The number of hydrogen-bond acceptors (Lipinski definition) is 6. The van der Waals surface area contributed by atoms with Crippen LogP contribution in [0.3, 0.4) is 0 Å². The van der Waals surface area contributed by atoms with Gasteiger partial charge in [-0.05, 0) is 36.4 Å². The molecule has 0 saturated heterocycles. The standard InChI is InChI=1S/C19H12F3N3O5/c20-19(21,22)13-7-8-16(14(10-13)25(27)28)30-15-5-2-1-4-12(15)11-23-24-18(26)17-6-3-9-29-17/h1-11H,(H,24,26). The number of benzene rings is 2. The van der Waals surface area contributed by atoms with E-state index in [0.717, 1.165) is 6.07 Å². The molecule has 0 aliphatic rings. The number of carbonyl (C=O) groups is 1. The summed E-state index contributed by atoms with van der Waals surface area (Å²) in [7, 11) is 0. The molecule has 1 aromatic heterocycles. The van der Waals surface area contributed by atoms with Crippen molar-refractivity contribution in [3.63, 3.8) is 0 Å². The zero-order valence-corrected chi connectivity index (χ0v) is 14.9. The molecule has 0 atom stereocenters. The number of hydrazone groups is 1. The third-order valence-corrected chi connectivity index (χ3v) is 3.74. The lowest BCUT2D eigenvalue weighted by atomic mass is 10.1. The molecule has 0 saturated carbocycles. The average Bonchev–Trinajstić information content (AvgIpc) is 3.23. The lowest BCUT2D eigenvalue weighted by Gasteiger charge is -2.11. The summed E-state index contributed by atoms with van der Waals surface area (Å²) in [5.41, 5.74) is 0.524. The third kappa shape index (κ3) is 4.82. The number of nitrogens with one attached hydrogen (secondary N) is 1. The summed E-state index contributed by atoms with van der Waals surface area (Å²) in [4.78, 5) is 22.0. The molecule has 0 unspecified atom stereocenters. The lowest BCUT2D eigenvalue weighted by molar-refractivity contribution is -0.385. The molecule has 0 fully saturated rings. The number of alkyl halides is 3. The second-order valence-electron chi connectivity index (χ2n) is 5.75. The zero-order valence-electron chi connectivity index (χ0n) is 14.9. The summed E-state index contributed by atoms with van der Waals surface area (Å²) in [6, 6.07) is 11.1. The molecule has 1 N–H and O–H groups in total. The van der Waals surface area contributed by atoms with E-state index in [4.69, 9.17) is 9.15 Å². The summed E-state index contributed by atoms with van der Waals surface area (Å²) in [5, 5.41) is 15.0. The number of ether oxygens (including phenoxy) is 1.